The first-order chi connectivity index (χ1) is 12.6. The average molecular weight is 345 g/mol. The van der Waals surface area contributed by atoms with Crippen LogP contribution in [0.4, 0.5) is 11.4 Å². The molecule has 132 valence electrons. The second-order valence-electron chi connectivity index (χ2n) is 6.53. The van der Waals surface area contributed by atoms with Crippen LogP contribution in [0.5, 0.6) is 0 Å². The molecule has 3 aromatic rings. The number of pyridine rings is 1. The summed E-state index contributed by atoms with van der Waals surface area (Å²) >= 11 is 0. The lowest BCUT2D eigenvalue weighted by atomic mass is 10.0. The summed E-state index contributed by atoms with van der Waals surface area (Å²) in [5.41, 5.74) is 4.54. The van der Waals surface area contributed by atoms with Crippen molar-refractivity contribution in [1.82, 2.24) is 4.98 Å². The molecule has 1 heterocycles. The SMILES string of the molecule is CC(C)c1ccc(NC(=O)c2cncc(NCc3ccccc3)c2)cc1. The standard InChI is InChI=1S/C22H23N3O/c1-16(2)18-8-10-20(11-9-18)25-22(26)19-12-21(15-23-14-19)24-13-17-6-4-3-5-7-17/h3-12,14-16,24H,13H2,1-2H3,(H,25,26). The molecule has 2 N–H and O–H groups in total. The Hall–Kier alpha value is -3.14. The van der Waals surface area contributed by atoms with Crippen molar-refractivity contribution in [2.24, 2.45) is 0 Å². The molecule has 4 heteroatoms. The van der Waals surface area contributed by atoms with E-state index >= 15 is 0 Å². The highest BCUT2D eigenvalue weighted by molar-refractivity contribution is 6.04. The zero-order chi connectivity index (χ0) is 18.4. The molecule has 0 saturated heterocycles. The molecule has 1 amide bonds. The summed E-state index contributed by atoms with van der Waals surface area (Å²) in [6, 6.07) is 19.9. The third kappa shape index (κ3) is 4.70. The molecule has 4 nitrogen and oxygen atoms in total. The Morgan fingerprint density at radius 1 is 0.962 bits per heavy atom. The molecule has 0 bridgehead atoms. The Bertz CT molecular complexity index is 858. The third-order valence-electron chi connectivity index (χ3n) is 4.18. The third-order valence-corrected chi connectivity index (χ3v) is 4.18. The maximum Gasteiger partial charge on any atom is 0.257 e. The molecule has 0 aliphatic rings. The van der Waals surface area contributed by atoms with Gasteiger partial charge in [0.25, 0.3) is 5.91 Å². The predicted octanol–water partition coefficient (Wildman–Crippen LogP) is 5.07. The van der Waals surface area contributed by atoms with Gasteiger partial charge in [-0.2, -0.15) is 0 Å². The normalized spacial score (nSPS) is 10.6. The maximum atomic E-state index is 12.5. The van der Waals surface area contributed by atoms with E-state index in [0.717, 1.165) is 11.4 Å². The highest BCUT2D eigenvalue weighted by atomic mass is 16.1. The monoisotopic (exact) mass is 345 g/mol. The van der Waals surface area contributed by atoms with E-state index in [4.69, 9.17) is 0 Å². The van der Waals surface area contributed by atoms with Crippen molar-refractivity contribution >= 4 is 17.3 Å². The van der Waals surface area contributed by atoms with Crippen LogP contribution in [0.25, 0.3) is 0 Å². The average Bonchev–Trinajstić information content (AvgIpc) is 2.68. The highest BCUT2D eigenvalue weighted by Gasteiger charge is 2.08. The van der Waals surface area contributed by atoms with Crippen LogP contribution in [0.3, 0.4) is 0 Å². The number of nitrogens with one attached hydrogen (secondary N) is 2. The Labute approximate surface area is 154 Å². The van der Waals surface area contributed by atoms with Gasteiger partial charge in [-0.3, -0.25) is 9.78 Å². The molecule has 2 aromatic carbocycles. The van der Waals surface area contributed by atoms with Crippen molar-refractivity contribution in [1.29, 1.82) is 0 Å². The van der Waals surface area contributed by atoms with Crippen molar-refractivity contribution in [3.05, 3.63) is 89.7 Å². The number of hydrogen-bond acceptors (Lipinski definition) is 3. The second-order valence-corrected chi connectivity index (χ2v) is 6.53. The van der Waals surface area contributed by atoms with Gasteiger partial charge >= 0.3 is 0 Å². The summed E-state index contributed by atoms with van der Waals surface area (Å²) in [4.78, 5) is 16.7. The van der Waals surface area contributed by atoms with Gasteiger partial charge in [-0.05, 0) is 35.2 Å². The molecule has 0 unspecified atom stereocenters. The lowest BCUT2D eigenvalue weighted by Crippen LogP contribution is -2.13. The van der Waals surface area contributed by atoms with Crippen LogP contribution < -0.4 is 10.6 Å². The first kappa shape index (κ1) is 17.7. The lowest BCUT2D eigenvalue weighted by molar-refractivity contribution is 0.102. The summed E-state index contributed by atoms with van der Waals surface area (Å²) in [7, 11) is 0. The highest BCUT2D eigenvalue weighted by Crippen LogP contribution is 2.18. The second kappa shape index (κ2) is 8.30. The topological polar surface area (TPSA) is 54.0 Å². The van der Waals surface area contributed by atoms with Gasteiger partial charge in [-0.1, -0.05) is 56.3 Å². The fourth-order valence-electron chi connectivity index (χ4n) is 2.62. The number of amides is 1. The van der Waals surface area contributed by atoms with Crippen molar-refractivity contribution in [3.8, 4) is 0 Å². The minimum absolute atomic E-state index is 0.168. The van der Waals surface area contributed by atoms with E-state index in [-0.39, 0.29) is 5.91 Å². The zero-order valence-electron chi connectivity index (χ0n) is 15.1. The van der Waals surface area contributed by atoms with Gasteiger partial charge < -0.3 is 10.6 Å². The molecule has 3 rings (SSSR count). The van der Waals surface area contributed by atoms with Crippen molar-refractivity contribution in [3.63, 3.8) is 0 Å². The van der Waals surface area contributed by atoms with Crippen molar-refractivity contribution < 1.29 is 4.79 Å². The quantitative estimate of drug-likeness (QED) is 0.656. The van der Waals surface area contributed by atoms with Gasteiger partial charge in [0, 0.05) is 24.6 Å². The number of nitrogens with zero attached hydrogens (tertiary/aromatic N) is 1. The van der Waals surface area contributed by atoms with Crippen LogP contribution in [0.1, 0.15) is 41.3 Å². The molecule has 26 heavy (non-hydrogen) atoms. The van der Waals surface area contributed by atoms with Gasteiger partial charge in [-0.25, -0.2) is 0 Å². The van der Waals surface area contributed by atoms with Gasteiger partial charge in [0.05, 0.1) is 11.3 Å². The Kier molecular flexibility index (Phi) is 5.64. The van der Waals surface area contributed by atoms with E-state index in [9.17, 15) is 4.79 Å². The summed E-state index contributed by atoms with van der Waals surface area (Å²) in [6.07, 6.45) is 3.29. The summed E-state index contributed by atoms with van der Waals surface area (Å²) in [5.74, 6) is 0.300. The molecule has 0 aliphatic heterocycles. The molecular weight excluding hydrogens is 322 g/mol. The lowest BCUT2D eigenvalue weighted by Gasteiger charge is -2.10. The number of benzene rings is 2. The fraction of sp³-hybridized carbons (Fsp3) is 0.182. The number of anilines is 2. The smallest absolute Gasteiger partial charge is 0.257 e. The minimum atomic E-state index is -0.168. The van der Waals surface area contributed by atoms with E-state index in [1.54, 1.807) is 12.4 Å². The number of hydrogen-bond donors (Lipinski definition) is 2. The fourth-order valence-corrected chi connectivity index (χ4v) is 2.62. The summed E-state index contributed by atoms with van der Waals surface area (Å²) in [5, 5.41) is 6.22. The van der Waals surface area contributed by atoms with E-state index in [2.05, 4.69) is 41.6 Å². The molecule has 0 atom stereocenters. The number of carbonyl (C=O) groups excluding carboxylic acids is 1. The van der Waals surface area contributed by atoms with Crippen molar-refractivity contribution in [2.45, 2.75) is 26.3 Å². The van der Waals surface area contributed by atoms with Crippen LogP contribution in [-0.2, 0) is 6.54 Å². The van der Waals surface area contributed by atoms with Crippen LogP contribution in [-0.4, -0.2) is 10.9 Å². The summed E-state index contributed by atoms with van der Waals surface area (Å²) in [6.45, 7) is 4.98. The van der Waals surface area contributed by atoms with Crippen LogP contribution in [0, 0.1) is 0 Å². The molecular formula is C22H23N3O. The molecule has 0 aliphatic carbocycles. The maximum absolute atomic E-state index is 12.5. The van der Waals surface area contributed by atoms with Gasteiger partial charge in [0.1, 0.15) is 0 Å². The largest absolute Gasteiger partial charge is 0.380 e. The first-order valence-electron chi connectivity index (χ1n) is 8.76. The first-order valence-corrected chi connectivity index (χ1v) is 8.76. The summed E-state index contributed by atoms with van der Waals surface area (Å²) < 4.78 is 0. The molecule has 0 saturated carbocycles. The number of carbonyl (C=O) groups is 1. The van der Waals surface area contributed by atoms with E-state index < -0.39 is 0 Å². The van der Waals surface area contributed by atoms with E-state index in [1.807, 2.05) is 48.5 Å². The van der Waals surface area contributed by atoms with Crippen molar-refractivity contribution in [2.75, 3.05) is 10.6 Å². The number of aromatic nitrogens is 1. The molecule has 0 radical (unpaired) electrons. The Morgan fingerprint density at radius 2 is 1.69 bits per heavy atom. The van der Waals surface area contributed by atoms with Crippen LogP contribution in [0.2, 0.25) is 0 Å². The van der Waals surface area contributed by atoms with Crippen LogP contribution in [0.15, 0.2) is 73.1 Å². The van der Waals surface area contributed by atoms with Gasteiger partial charge in [0.15, 0.2) is 0 Å². The van der Waals surface area contributed by atoms with Crippen LogP contribution >= 0.6 is 0 Å². The minimum Gasteiger partial charge on any atom is -0.380 e. The predicted molar refractivity (Wildman–Crippen MR) is 106 cm³/mol. The van der Waals surface area contributed by atoms with Gasteiger partial charge in [0.2, 0.25) is 0 Å². The Balaban J connectivity index is 1.64. The Morgan fingerprint density at radius 3 is 2.38 bits per heavy atom. The van der Waals surface area contributed by atoms with E-state index in [1.165, 1.54) is 11.1 Å². The number of rotatable bonds is 6. The molecule has 1 aromatic heterocycles. The molecule has 0 spiro atoms. The zero-order valence-corrected chi connectivity index (χ0v) is 15.1. The van der Waals surface area contributed by atoms with Gasteiger partial charge in [-0.15, -0.1) is 0 Å². The molecule has 0 fully saturated rings. The van der Waals surface area contributed by atoms with E-state index in [0.29, 0.717) is 18.0 Å².